The highest BCUT2D eigenvalue weighted by molar-refractivity contribution is 5.39. The van der Waals surface area contributed by atoms with Gasteiger partial charge in [-0.05, 0) is 18.6 Å². The Bertz CT molecular complexity index is 637. The summed E-state index contributed by atoms with van der Waals surface area (Å²) in [6.45, 7) is 2.88. The Morgan fingerprint density at radius 2 is 2.40 bits per heavy atom. The summed E-state index contributed by atoms with van der Waals surface area (Å²) in [6.07, 6.45) is 4.40. The fourth-order valence-corrected chi connectivity index (χ4v) is 2.38. The van der Waals surface area contributed by atoms with Gasteiger partial charge in [-0.15, -0.1) is 0 Å². The first-order valence-corrected chi connectivity index (χ1v) is 6.83. The molecule has 1 aliphatic heterocycles. The van der Waals surface area contributed by atoms with E-state index in [1.807, 2.05) is 10.7 Å². The molecule has 0 spiro atoms. The normalized spacial score (nSPS) is 17.3. The third-order valence-electron chi connectivity index (χ3n) is 3.46. The Kier molecular flexibility index (Phi) is 3.33. The van der Waals surface area contributed by atoms with Gasteiger partial charge >= 0.3 is 0 Å². The van der Waals surface area contributed by atoms with Gasteiger partial charge in [0, 0.05) is 25.1 Å². The Morgan fingerprint density at radius 3 is 3.10 bits per heavy atom. The number of nitriles is 1. The van der Waals surface area contributed by atoms with Gasteiger partial charge in [-0.1, -0.05) is 6.92 Å². The van der Waals surface area contributed by atoms with Gasteiger partial charge in [-0.2, -0.15) is 10.4 Å². The van der Waals surface area contributed by atoms with E-state index in [-0.39, 0.29) is 0 Å². The van der Waals surface area contributed by atoms with E-state index in [0.29, 0.717) is 11.6 Å². The molecule has 6 heteroatoms. The summed E-state index contributed by atoms with van der Waals surface area (Å²) in [5, 5.41) is 16.6. The number of hydrogen-bond donors (Lipinski definition) is 1. The number of nitrogens with one attached hydrogen (secondary N) is 1. The molecule has 0 radical (unpaired) electrons. The number of pyridine rings is 1. The van der Waals surface area contributed by atoms with Crippen molar-refractivity contribution in [1.82, 2.24) is 19.7 Å². The number of rotatable bonds is 3. The zero-order chi connectivity index (χ0) is 13.9. The molecular formula is C14H16N6. The lowest BCUT2D eigenvalue weighted by Gasteiger charge is -2.23. The summed E-state index contributed by atoms with van der Waals surface area (Å²) in [7, 11) is 0. The number of hydrogen-bond acceptors (Lipinski definition) is 5. The van der Waals surface area contributed by atoms with E-state index in [0.717, 1.165) is 43.3 Å². The lowest BCUT2D eigenvalue weighted by molar-refractivity contribution is 0.440. The molecule has 0 amide bonds. The second-order valence-corrected chi connectivity index (χ2v) is 4.90. The average molecular weight is 268 g/mol. The second kappa shape index (κ2) is 5.29. The summed E-state index contributed by atoms with van der Waals surface area (Å²) in [5.74, 6) is 2.79. The summed E-state index contributed by atoms with van der Waals surface area (Å²) in [5.41, 5.74) is 0.574. The van der Waals surface area contributed by atoms with E-state index in [4.69, 9.17) is 5.26 Å². The largest absolute Gasteiger partial charge is 0.365 e. The van der Waals surface area contributed by atoms with E-state index in [9.17, 15) is 0 Å². The lowest BCUT2D eigenvalue weighted by Crippen LogP contribution is -2.32. The van der Waals surface area contributed by atoms with Crippen LogP contribution in [0.2, 0.25) is 0 Å². The van der Waals surface area contributed by atoms with E-state index in [1.165, 1.54) is 0 Å². The molecule has 0 bridgehead atoms. The minimum Gasteiger partial charge on any atom is -0.365 e. The molecule has 0 saturated heterocycles. The van der Waals surface area contributed by atoms with E-state index in [2.05, 4.69) is 33.4 Å². The zero-order valence-corrected chi connectivity index (χ0v) is 11.4. The molecule has 0 saturated carbocycles. The van der Waals surface area contributed by atoms with Crippen LogP contribution in [0, 0.1) is 11.3 Å². The van der Waals surface area contributed by atoms with Gasteiger partial charge in [-0.3, -0.25) is 0 Å². The highest BCUT2D eigenvalue weighted by Gasteiger charge is 2.21. The standard InChI is InChI=1S/C14H16N6/c1-2-12-18-14-6-4-11(9-20(14)19-12)17-13-5-3-10(7-15)8-16-13/h3,5,8,11H,2,4,6,9H2,1H3,(H,16,17)/t11-/m0/s1. The van der Waals surface area contributed by atoms with Crippen LogP contribution < -0.4 is 5.32 Å². The zero-order valence-electron chi connectivity index (χ0n) is 11.4. The molecule has 1 atom stereocenters. The van der Waals surface area contributed by atoms with Gasteiger partial charge in [0.05, 0.1) is 12.1 Å². The van der Waals surface area contributed by atoms with Gasteiger partial charge in [-0.25, -0.2) is 14.6 Å². The minimum atomic E-state index is 0.300. The Balaban J connectivity index is 1.69. The third-order valence-corrected chi connectivity index (χ3v) is 3.46. The molecular weight excluding hydrogens is 252 g/mol. The fourth-order valence-electron chi connectivity index (χ4n) is 2.38. The first kappa shape index (κ1) is 12.6. The fraction of sp³-hybridized carbons (Fsp3) is 0.429. The van der Waals surface area contributed by atoms with Gasteiger partial charge in [0.25, 0.3) is 0 Å². The number of anilines is 1. The molecule has 6 nitrogen and oxygen atoms in total. The van der Waals surface area contributed by atoms with Crippen LogP contribution in [0.1, 0.15) is 30.6 Å². The maximum absolute atomic E-state index is 8.76. The van der Waals surface area contributed by atoms with Crippen molar-refractivity contribution in [2.24, 2.45) is 0 Å². The number of aromatic nitrogens is 4. The van der Waals surface area contributed by atoms with Crippen LogP contribution in [0.15, 0.2) is 18.3 Å². The summed E-state index contributed by atoms with van der Waals surface area (Å²) < 4.78 is 1.99. The van der Waals surface area contributed by atoms with Gasteiger partial charge in [0.2, 0.25) is 0 Å². The topological polar surface area (TPSA) is 79.4 Å². The second-order valence-electron chi connectivity index (χ2n) is 4.90. The predicted molar refractivity (Wildman–Crippen MR) is 74.1 cm³/mol. The van der Waals surface area contributed by atoms with E-state index in [1.54, 1.807) is 12.3 Å². The van der Waals surface area contributed by atoms with Crippen LogP contribution in [0.25, 0.3) is 0 Å². The van der Waals surface area contributed by atoms with Crippen LogP contribution >= 0.6 is 0 Å². The van der Waals surface area contributed by atoms with Crippen molar-refractivity contribution in [2.75, 3.05) is 5.32 Å². The molecule has 1 aliphatic rings. The Labute approximate surface area is 117 Å². The maximum Gasteiger partial charge on any atom is 0.150 e. The SMILES string of the molecule is CCc1nc2n(n1)C[C@@H](Nc1ccc(C#N)cn1)CC2. The van der Waals surface area contributed by atoms with Crippen molar-refractivity contribution < 1.29 is 0 Å². The average Bonchev–Trinajstić information content (AvgIpc) is 2.90. The molecule has 2 aromatic rings. The molecule has 0 aromatic carbocycles. The summed E-state index contributed by atoms with van der Waals surface area (Å²) in [6, 6.07) is 5.98. The Hall–Kier alpha value is -2.42. The molecule has 0 aliphatic carbocycles. The highest BCUT2D eigenvalue weighted by Crippen LogP contribution is 2.17. The predicted octanol–water partition coefficient (Wildman–Crippen LogP) is 1.53. The number of aryl methyl sites for hydroxylation is 2. The molecule has 1 N–H and O–H groups in total. The molecule has 20 heavy (non-hydrogen) atoms. The van der Waals surface area contributed by atoms with Crippen molar-refractivity contribution >= 4 is 5.82 Å². The minimum absolute atomic E-state index is 0.300. The van der Waals surface area contributed by atoms with Crippen LogP contribution in [-0.2, 0) is 19.4 Å². The first-order chi connectivity index (χ1) is 9.78. The van der Waals surface area contributed by atoms with Crippen molar-refractivity contribution in [3.05, 3.63) is 35.5 Å². The monoisotopic (exact) mass is 268 g/mol. The van der Waals surface area contributed by atoms with Crippen molar-refractivity contribution in [2.45, 2.75) is 38.8 Å². The van der Waals surface area contributed by atoms with Gasteiger partial charge in [0.1, 0.15) is 17.7 Å². The van der Waals surface area contributed by atoms with Crippen LogP contribution in [0.3, 0.4) is 0 Å². The number of fused-ring (bicyclic) bond motifs is 1. The Morgan fingerprint density at radius 1 is 1.50 bits per heavy atom. The van der Waals surface area contributed by atoms with Gasteiger partial charge in [0.15, 0.2) is 5.82 Å². The van der Waals surface area contributed by atoms with Crippen LogP contribution in [-0.4, -0.2) is 25.8 Å². The smallest absolute Gasteiger partial charge is 0.150 e. The first-order valence-electron chi connectivity index (χ1n) is 6.83. The summed E-state index contributed by atoms with van der Waals surface area (Å²) >= 11 is 0. The van der Waals surface area contributed by atoms with Crippen molar-refractivity contribution in [1.29, 1.82) is 5.26 Å². The number of nitrogens with zero attached hydrogens (tertiary/aromatic N) is 5. The van der Waals surface area contributed by atoms with Crippen molar-refractivity contribution in [3.8, 4) is 6.07 Å². The maximum atomic E-state index is 8.76. The molecule has 2 aromatic heterocycles. The highest BCUT2D eigenvalue weighted by atomic mass is 15.4. The molecule has 3 rings (SSSR count). The third kappa shape index (κ3) is 2.48. The van der Waals surface area contributed by atoms with E-state index >= 15 is 0 Å². The molecule has 0 unspecified atom stereocenters. The lowest BCUT2D eigenvalue weighted by atomic mass is 10.1. The van der Waals surface area contributed by atoms with E-state index < -0.39 is 0 Å². The summed E-state index contributed by atoms with van der Waals surface area (Å²) in [4.78, 5) is 8.75. The van der Waals surface area contributed by atoms with Gasteiger partial charge < -0.3 is 5.32 Å². The van der Waals surface area contributed by atoms with Crippen LogP contribution in [0.4, 0.5) is 5.82 Å². The molecule has 0 fully saturated rings. The quantitative estimate of drug-likeness (QED) is 0.913. The van der Waals surface area contributed by atoms with Crippen molar-refractivity contribution in [3.63, 3.8) is 0 Å². The van der Waals surface area contributed by atoms with Crippen LogP contribution in [0.5, 0.6) is 0 Å². The molecule has 3 heterocycles. The molecule has 102 valence electrons.